The number of aromatic nitrogens is 3. The van der Waals surface area contributed by atoms with Crippen LogP contribution in [0.2, 0.25) is 0 Å². The number of fused-ring (bicyclic) bond motifs is 1. The minimum absolute atomic E-state index is 0.238. The Balaban J connectivity index is 1.38. The average Bonchev–Trinajstić information content (AvgIpc) is 3.26. The Bertz CT molecular complexity index is 908. The minimum atomic E-state index is -0.238. The summed E-state index contributed by atoms with van der Waals surface area (Å²) < 4.78 is 7.59. The Morgan fingerprint density at radius 2 is 2.31 bits per heavy atom. The van der Waals surface area contributed by atoms with E-state index in [1.54, 1.807) is 10.9 Å². The fourth-order valence-corrected chi connectivity index (χ4v) is 3.48. The van der Waals surface area contributed by atoms with Crippen LogP contribution in [0.4, 0.5) is 0 Å². The molecule has 1 unspecified atom stereocenters. The van der Waals surface area contributed by atoms with Gasteiger partial charge in [0, 0.05) is 17.5 Å². The highest BCUT2D eigenvalue weighted by Gasteiger charge is 2.17. The van der Waals surface area contributed by atoms with Crippen LogP contribution in [-0.2, 0) is 13.1 Å². The fraction of sp³-hybridized carbons (Fsp3) is 0.421. The molecule has 1 fully saturated rings. The largest absolute Gasteiger partial charge is 0.459 e. The Kier molecular flexibility index (Phi) is 4.71. The third-order valence-electron chi connectivity index (χ3n) is 4.97. The van der Waals surface area contributed by atoms with Crippen molar-refractivity contribution in [3.8, 4) is 0 Å². The quantitative estimate of drug-likeness (QED) is 0.735. The summed E-state index contributed by atoms with van der Waals surface area (Å²) in [7, 11) is 0. The maximum Gasteiger partial charge on any atom is 0.273 e. The fourth-order valence-electron chi connectivity index (χ4n) is 3.48. The summed E-state index contributed by atoms with van der Waals surface area (Å²) in [5.74, 6) is 1.07. The number of aryl methyl sites for hydroxylation is 1. The van der Waals surface area contributed by atoms with Crippen molar-refractivity contribution in [3.05, 3.63) is 47.5 Å². The van der Waals surface area contributed by atoms with E-state index in [4.69, 9.17) is 4.42 Å². The van der Waals surface area contributed by atoms with E-state index in [-0.39, 0.29) is 5.91 Å². The van der Waals surface area contributed by atoms with Gasteiger partial charge in [0.1, 0.15) is 11.3 Å². The number of hydrogen-bond donors (Lipinski definition) is 2. The zero-order valence-electron chi connectivity index (χ0n) is 14.9. The highest BCUT2D eigenvalue weighted by Crippen LogP contribution is 2.24. The number of benzene rings is 1. The molecule has 2 N–H and O–H groups in total. The molecule has 0 saturated carbocycles. The highest BCUT2D eigenvalue weighted by atomic mass is 16.3. The maximum atomic E-state index is 12.4. The molecule has 1 atom stereocenters. The second-order valence-electron chi connectivity index (χ2n) is 6.87. The van der Waals surface area contributed by atoms with Crippen LogP contribution in [0.1, 0.15) is 34.7 Å². The number of hydrogen-bond acceptors (Lipinski definition) is 5. The second kappa shape index (κ2) is 7.29. The van der Waals surface area contributed by atoms with Gasteiger partial charge in [0.05, 0.1) is 12.7 Å². The standard InChI is InChI=1S/C19H23N5O2/c1-13-15-6-2-3-7-17(15)26-18(13)10-21-19(25)16-12-24(23-22-16)11-14-5-4-8-20-9-14/h2-3,6-7,12,14,20H,4-5,8-11H2,1H3,(H,21,25). The lowest BCUT2D eigenvalue weighted by molar-refractivity contribution is 0.0943. The number of rotatable bonds is 5. The van der Waals surface area contributed by atoms with Crippen LogP contribution < -0.4 is 10.6 Å². The van der Waals surface area contributed by atoms with Crippen LogP contribution in [0.15, 0.2) is 34.9 Å². The third-order valence-corrected chi connectivity index (χ3v) is 4.97. The summed E-state index contributed by atoms with van der Waals surface area (Å²) >= 11 is 0. The molecular weight excluding hydrogens is 330 g/mol. The van der Waals surface area contributed by atoms with E-state index in [0.29, 0.717) is 18.2 Å². The van der Waals surface area contributed by atoms with Crippen molar-refractivity contribution in [2.24, 2.45) is 5.92 Å². The summed E-state index contributed by atoms with van der Waals surface area (Å²) in [6, 6.07) is 7.87. The lowest BCUT2D eigenvalue weighted by Gasteiger charge is -2.22. The van der Waals surface area contributed by atoms with Crippen molar-refractivity contribution >= 4 is 16.9 Å². The van der Waals surface area contributed by atoms with Crippen molar-refractivity contribution < 1.29 is 9.21 Å². The van der Waals surface area contributed by atoms with Gasteiger partial charge in [0.25, 0.3) is 5.91 Å². The number of amides is 1. The van der Waals surface area contributed by atoms with Crippen molar-refractivity contribution in [2.75, 3.05) is 13.1 Å². The van der Waals surface area contributed by atoms with Gasteiger partial charge in [-0.15, -0.1) is 5.10 Å². The molecule has 0 spiro atoms. The maximum absolute atomic E-state index is 12.4. The predicted octanol–water partition coefficient (Wildman–Crippen LogP) is 2.26. The number of para-hydroxylation sites is 1. The minimum Gasteiger partial charge on any atom is -0.459 e. The molecule has 1 amide bonds. The van der Waals surface area contributed by atoms with Gasteiger partial charge < -0.3 is 15.1 Å². The predicted molar refractivity (Wildman–Crippen MR) is 97.7 cm³/mol. The Hall–Kier alpha value is -2.67. The SMILES string of the molecule is Cc1c(CNC(=O)c2cn(CC3CCCNC3)nn2)oc2ccccc12. The Labute approximate surface area is 151 Å². The normalized spacial score (nSPS) is 17.5. The molecule has 7 nitrogen and oxygen atoms in total. The topological polar surface area (TPSA) is 85.0 Å². The molecule has 0 radical (unpaired) electrons. The number of nitrogens with zero attached hydrogens (tertiary/aromatic N) is 3. The van der Waals surface area contributed by atoms with Crippen LogP contribution in [0.25, 0.3) is 11.0 Å². The van der Waals surface area contributed by atoms with Gasteiger partial charge in [-0.25, -0.2) is 0 Å². The van der Waals surface area contributed by atoms with Gasteiger partial charge in [-0.2, -0.15) is 0 Å². The Morgan fingerprint density at radius 3 is 3.12 bits per heavy atom. The molecule has 3 heterocycles. The van der Waals surface area contributed by atoms with E-state index in [0.717, 1.165) is 41.9 Å². The van der Waals surface area contributed by atoms with Crippen LogP contribution in [0.5, 0.6) is 0 Å². The van der Waals surface area contributed by atoms with E-state index >= 15 is 0 Å². The van der Waals surface area contributed by atoms with E-state index in [9.17, 15) is 4.79 Å². The lowest BCUT2D eigenvalue weighted by atomic mass is 10.00. The van der Waals surface area contributed by atoms with Crippen molar-refractivity contribution in [3.63, 3.8) is 0 Å². The zero-order chi connectivity index (χ0) is 17.9. The molecule has 1 saturated heterocycles. The van der Waals surface area contributed by atoms with Gasteiger partial charge >= 0.3 is 0 Å². The molecule has 1 aliphatic heterocycles. The molecule has 1 aliphatic rings. The van der Waals surface area contributed by atoms with Crippen molar-refractivity contribution in [1.82, 2.24) is 25.6 Å². The third kappa shape index (κ3) is 3.48. The molecule has 7 heteroatoms. The summed E-state index contributed by atoms with van der Waals surface area (Å²) in [5, 5.41) is 15.4. The summed E-state index contributed by atoms with van der Waals surface area (Å²) in [5.41, 5.74) is 2.22. The molecule has 3 aromatic rings. The first-order valence-corrected chi connectivity index (χ1v) is 9.07. The van der Waals surface area contributed by atoms with Crippen molar-refractivity contribution in [1.29, 1.82) is 0 Å². The summed E-state index contributed by atoms with van der Waals surface area (Å²) in [6.45, 7) is 5.20. The molecular formula is C19H23N5O2. The van der Waals surface area contributed by atoms with Gasteiger partial charge in [0.15, 0.2) is 5.69 Å². The second-order valence-corrected chi connectivity index (χ2v) is 6.87. The first kappa shape index (κ1) is 16.8. The molecule has 0 bridgehead atoms. The lowest BCUT2D eigenvalue weighted by Crippen LogP contribution is -2.32. The smallest absolute Gasteiger partial charge is 0.273 e. The van der Waals surface area contributed by atoms with Gasteiger partial charge in [0.2, 0.25) is 0 Å². The summed E-state index contributed by atoms with van der Waals surface area (Å²) in [6.07, 6.45) is 4.08. The summed E-state index contributed by atoms with van der Waals surface area (Å²) in [4.78, 5) is 12.4. The van der Waals surface area contributed by atoms with Crippen molar-refractivity contribution in [2.45, 2.75) is 32.9 Å². The van der Waals surface area contributed by atoms with Crippen LogP contribution in [0.3, 0.4) is 0 Å². The van der Waals surface area contributed by atoms with E-state index in [1.807, 2.05) is 31.2 Å². The monoisotopic (exact) mass is 353 g/mol. The number of piperidine rings is 1. The molecule has 136 valence electrons. The van der Waals surface area contributed by atoms with Crippen LogP contribution in [0, 0.1) is 12.8 Å². The molecule has 1 aromatic carbocycles. The van der Waals surface area contributed by atoms with E-state index in [2.05, 4.69) is 20.9 Å². The molecule has 4 rings (SSSR count). The van der Waals surface area contributed by atoms with Gasteiger partial charge in [-0.05, 0) is 44.8 Å². The first-order valence-electron chi connectivity index (χ1n) is 9.07. The Morgan fingerprint density at radius 1 is 1.42 bits per heavy atom. The van der Waals surface area contributed by atoms with E-state index in [1.165, 1.54) is 12.8 Å². The number of furan rings is 1. The first-order chi connectivity index (χ1) is 12.7. The molecule has 26 heavy (non-hydrogen) atoms. The van der Waals surface area contributed by atoms with Gasteiger partial charge in [-0.3, -0.25) is 9.48 Å². The zero-order valence-corrected chi connectivity index (χ0v) is 14.9. The molecule has 0 aliphatic carbocycles. The highest BCUT2D eigenvalue weighted by molar-refractivity contribution is 5.92. The van der Waals surface area contributed by atoms with E-state index < -0.39 is 0 Å². The number of carbonyl (C=O) groups is 1. The molecule has 2 aromatic heterocycles. The number of carbonyl (C=O) groups excluding carboxylic acids is 1. The van der Waals surface area contributed by atoms with Crippen LogP contribution >= 0.6 is 0 Å². The average molecular weight is 353 g/mol. The van der Waals surface area contributed by atoms with Gasteiger partial charge in [-0.1, -0.05) is 23.4 Å². The van der Waals surface area contributed by atoms with Crippen LogP contribution in [-0.4, -0.2) is 34.0 Å². The number of nitrogens with one attached hydrogen (secondary N) is 2.